The Bertz CT molecular complexity index is 864. The highest BCUT2D eigenvalue weighted by Crippen LogP contribution is 2.11. The summed E-state index contributed by atoms with van der Waals surface area (Å²) in [7, 11) is 0. The summed E-state index contributed by atoms with van der Waals surface area (Å²) in [6.45, 7) is 1.89. The number of nitrogens with zero attached hydrogens (tertiary/aromatic N) is 3. The van der Waals surface area contributed by atoms with Crippen molar-refractivity contribution in [3.8, 4) is 0 Å². The van der Waals surface area contributed by atoms with E-state index in [1.807, 2.05) is 19.1 Å². The van der Waals surface area contributed by atoms with Gasteiger partial charge in [0.1, 0.15) is 5.82 Å². The van der Waals surface area contributed by atoms with Gasteiger partial charge in [0, 0.05) is 11.8 Å². The lowest BCUT2D eigenvalue weighted by Gasteiger charge is -2.05. The van der Waals surface area contributed by atoms with Crippen molar-refractivity contribution in [1.29, 1.82) is 0 Å². The van der Waals surface area contributed by atoms with Gasteiger partial charge >= 0.3 is 0 Å². The Hall–Kier alpha value is -2.34. The zero-order valence-electron chi connectivity index (χ0n) is 10.6. The molecular formula is C14H10FN3OS. The van der Waals surface area contributed by atoms with Gasteiger partial charge in [-0.1, -0.05) is 6.07 Å². The van der Waals surface area contributed by atoms with Gasteiger partial charge in [-0.25, -0.2) is 8.91 Å². The third-order valence-electron chi connectivity index (χ3n) is 3.02. The van der Waals surface area contributed by atoms with Crippen molar-refractivity contribution in [3.05, 3.63) is 64.3 Å². The molecule has 6 heteroatoms. The van der Waals surface area contributed by atoms with E-state index in [-0.39, 0.29) is 16.5 Å². The Morgan fingerprint density at radius 1 is 1.25 bits per heavy atom. The number of benzene rings is 1. The summed E-state index contributed by atoms with van der Waals surface area (Å²) in [6.07, 6.45) is 1.71. The standard InChI is InChI=1S/C14H10FN3OS/c1-9-3-2-8-17-12(9)16-14(20)18(17)13(19)10-4-6-11(15)7-5-10/h2-8H,1H3. The molecule has 0 aliphatic heterocycles. The molecule has 0 amide bonds. The molecule has 0 spiro atoms. The molecule has 0 atom stereocenters. The predicted octanol–water partition coefficient (Wildman–Crippen LogP) is 3.00. The molecule has 0 N–H and O–H groups in total. The van der Waals surface area contributed by atoms with Gasteiger partial charge in [-0.15, -0.1) is 0 Å². The van der Waals surface area contributed by atoms with Crippen LogP contribution in [0, 0.1) is 17.5 Å². The summed E-state index contributed by atoms with van der Waals surface area (Å²) in [6, 6.07) is 9.04. The van der Waals surface area contributed by atoms with Crippen LogP contribution in [0.4, 0.5) is 4.39 Å². The van der Waals surface area contributed by atoms with E-state index in [0.717, 1.165) is 5.56 Å². The summed E-state index contributed by atoms with van der Waals surface area (Å²) in [5, 5.41) is 0. The van der Waals surface area contributed by atoms with E-state index in [0.29, 0.717) is 11.2 Å². The first-order valence-electron chi connectivity index (χ1n) is 5.95. The summed E-state index contributed by atoms with van der Waals surface area (Å²) >= 11 is 5.15. The Morgan fingerprint density at radius 2 is 1.95 bits per heavy atom. The zero-order chi connectivity index (χ0) is 14.3. The first-order chi connectivity index (χ1) is 9.58. The van der Waals surface area contributed by atoms with Crippen LogP contribution in [0.2, 0.25) is 0 Å². The number of carbonyl (C=O) groups excluding carboxylic acids is 1. The maximum Gasteiger partial charge on any atom is 0.279 e. The van der Waals surface area contributed by atoms with Gasteiger partial charge in [0.15, 0.2) is 5.65 Å². The summed E-state index contributed by atoms with van der Waals surface area (Å²) < 4.78 is 16.0. The normalized spacial score (nSPS) is 10.9. The van der Waals surface area contributed by atoms with E-state index in [1.54, 1.807) is 10.7 Å². The molecule has 0 unspecified atom stereocenters. The number of pyridine rings is 1. The first-order valence-corrected chi connectivity index (χ1v) is 6.36. The third kappa shape index (κ3) is 1.94. The van der Waals surface area contributed by atoms with Crippen LogP contribution in [0.25, 0.3) is 5.65 Å². The van der Waals surface area contributed by atoms with Crippen LogP contribution < -0.4 is 0 Å². The van der Waals surface area contributed by atoms with Gasteiger partial charge in [-0.3, -0.25) is 4.79 Å². The van der Waals surface area contributed by atoms with E-state index >= 15 is 0 Å². The number of halogens is 1. The predicted molar refractivity (Wildman–Crippen MR) is 74.9 cm³/mol. The number of aryl methyl sites for hydroxylation is 1. The SMILES string of the molecule is Cc1cccn2c1nc(=S)n2C(=O)c1ccc(F)cc1. The average Bonchev–Trinajstić information content (AvgIpc) is 2.77. The van der Waals surface area contributed by atoms with Gasteiger partial charge < -0.3 is 0 Å². The minimum atomic E-state index is -0.390. The molecule has 0 aliphatic carbocycles. The fourth-order valence-electron chi connectivity index (χ4n) is 2.03. The van der Waals surface area contributed by atoms with Crippen molar-refractivity contribution in [2.75, 3.05) is 0 Å². The summed E-state index contributed by atoms with van der Waals surface area (Å²) in [5.41, 5.74) is 1.91. The lowest BCUT2D eigenvalue weighted by atomic mass is 10.2. The van der Waals surface area contributed by atoms with E-state index in [1.165, 1.54) is 28.9 Å². The van der Waals surface area contributed by atoms with Crippen molar-refractivity contribution >= 4 is 23.8 Å². The molecule has 3 aromatic rings. The Morgan fingerprint density at radius 3 is 2.65 bits per heavy atom. The van der Waals surface area contributed by atoms with Gasteiger partial charge in [-0.2, -0.15) is 9.67 Å². The molecule has 3 rings (SSSR count). The van der Waals surface area contributed by atoms with Crippen LogP contribution >= 0.6 is 12.2 Å². The summed E-state index contributed by atoms with van der Waals surface area (Å²) in [4.78, 5) is 16.7. The highest BCUT2D eigenvalue weighted by Gasteiger charge is 2.15. The molecule has 2 aromatic heterocycles. The maximum absolute atomic E-state index is 12.9. The van der Waals surface area contributed by atoms with Crippen LogP contribution in [-0.2, 0) is 0 Å². The van der Waals surface area contributed by atoms with Gasteiger partial charge in [-0.05, 0) is 55.0 Å². The molecule has 0 saturated carbocycles. The Labute approximate surface area is 119 Å². The van der Waals surface area contributed by atoms with Crippen LogP contribution in [0.15, 0.2) is 42.6 Å². The second kappa shape index (κ2) is 4.64. The largest absolute Gasteiger partial charge is 0.279 e. The van der Waals surface area contributed by atoms with Crippen LogP contribution in [0.5, 0.6) is 0 Å². The van der Waals surface area contributed by atoms with E-state index < -0.39 is 0 Å². The molecule has 20 heavy (non-hydrogen) atoms. The number of carbonyl (C=O) groups is 1. The van der Waals surface area contributed by atoms with Crippen molar-refractivity contribution in [2.45, 2.75) is 6.92 Å². The Kier molecular flexibility index (Phi) is 2.94. The number of hydrogen-bond acceptors (Lipinski definition) is 3. The van der Waals surface area contributed by atoms with Crippen LogP contribution in [0.1, 0.15) is 15.9 Å². The lowest BCUT2D eigenvalue weighted by Crippen LogP contribution is -2.17. The molecular weight excluding hydrogens is 277 g/mol. The number of hydrogen-bond donors (Lipinski definition) is 0. The van der Waals surface area contributed by atoms with Crippen molar-refractivity contribution in [2.24, 2.45) is 0 Å². The van der Waals surface area contributed by atoms with Gasteiger partial charge in [0.25, 0.3) is 5.91 Å². The fraction of sp³-hybridized carbons (Fsp3) is 0.0714. The number of fused-ring (bicyclic) bond motifs is 1. The quantitative estimate of drug-likeness (QED) is 0.646. The third-order valence-corrected chi connectivity index (χ3v) is 3.29. The van der Waals surface area contributed by atoms with Crippen molar-refractivity contribution in [3.63, 3.8) is 0 Å². The van der Waals surface area contributed by atoms with Gasteiger partial charge in [0.05, 0.1) is 0 Å². The molecule has 4 nitrogen and oxygen atoms in total. The summed E-state index contributed by atoms with van der Waals surface area (Å²) in [5.74, 6) is -0.729. The fourth-order valence-corrected chi connectivity index (χ4v) is 2.28. The second-order valence-corrected chi connectivity index (χ2v) is 4.74. The van der Waals surface area contributed by atoms with E-state index in [9.17, 15) is 9.18 Å². The second-order valence-electron chi connectivity index (χ2n) is 4.38. The van der Waals surface area contributed by atoms with Crippen LogP contribution in [0.3, 0.4) is 0 Å². The first kappa shape index (κ1) is 12.7. The number of rotatable bonds is 1. The molecule has 100 valence electrons. The molecule has 0 bridgehead atoms. The monoisotopic (exact) mass is 287 g/mol. The van der Waals surface area contributed by atoms with E-state index in [4.69, 9.17) is 12.2 Å². The minimum Gasteiger partial charge on any atom is -0.267 e. The van der Waals surface area contributed by atoms with Crippen molar-refractivity contribution in [1.82, 2.24) is 14.2 Å². The highest BCUT2D eigenvalue weighted by molar-refractivity contribution is 7.71. The smallest absolute Gasteiger partial charge is 0.267 e. The topological polar surface area (TPSA) is 39.3 Å². The molecule has 1 aromatic carbocycles. The molecule has 0 saturated heterocycles. The van der Waals surface area contributed by atoms with E-state index in [2.05, 4.69) is 4.98 Å². The Balaban J connectivity index is 2.22. The van der Waals surface area contributed by atoms with Crippen molar-refractivity contribution < 1.29 is 9.18 Å². The highest BCUT2D eigenvalue weighted by atomic mass is 32.1. The lowest BCUT2D eigenvalue weighted by molar-refractivity contribution is 0.0938. The van der Waals surface area contributed by atoms with Crippen LogP contribution in [-0.4, -0.2) is 20.1 Å². The number of aromatic nitrogens is 3. The average molecular weight is 287 g/mol. The molecule has 0 fully saturated rings. The maximum atomic E-state index is 12.9. The van der Waals surface area contributed by atoms with Gasteiger partial charge in [0.2, 0.25) is 4.77 Å². The molecule has 0 aliphatic rings. The molecule has 0 radical (unpaired) electrons. The molecule has 2 heterocycles. The minimum absolute atomic E-state index is 0.175. The zero-order valence-corrected chi connectivity index (χ0v) is 11.4.